The minimum Gasteiger partial charge on any atom is -0.472 e. The normalized spacial score (nSPS) is 18.7. The summed E-state index contributed by atoms with van der Waals surface area (Å²) in [7, 11) is 0. The van der Waals surface area contributed by atoms with Gasteiger partial charge in [-0.2, -0.15) is 0 Å². The van der Waals surface area contributed by atoms with E-state index in [1.165, 1.54) is 36.8 Å². The first kappa shape index (κ1) is 14.4. The molecule has 1 N–H and O–H groups in total. The molecule has 1 saturated carbocycles. The average molecular weight is 283 g/mol. The molecule has 3 rings (SSSR count). The van der Waals surface area contributed by atoms with E-state index in [1.807, 2.05) is 6.26 Å². The van der Waals surface area contributed by atoms with Crippen molar-refractivity contribution < 1.29 is 4.42 Å². The molecule has 1 atom stereocenters. The van der Waals surface area contributed by atoms with Crippen molar-refractivity contribution in [1.82, 2.24) is 5.32 Å². The van der Waals surface area contributed by atoms with Gasteiger partial charge in [-0.3, -0.25) is 0 Å². The number of furan rings is 1. The molecule has 0 radical (unpaired) electrons. The second-order valence-corrected chi connectivity index (χ2v) is 6.18. The molecule has 0 bridgehead atoms. The summed E-state index contributed by atoms with van der Waals surface area (Å²) in [6.45, 7) is 3.22. The fourth-order valence-electron chi connectivity index (χ4n) is 3.97. The number of hydrogen-bond donors (Lipinski definition) is 1. The van der Waals surface area contributed by atoms with Crippen LogP contribution in [0.3, 0.4) is 0 Å². The van der Waals surface area contributed by atoms with E-state index in [-0.39, 0.29) is 5.41 Å². The highest BCUT2D eigenvalue weighted by Crippen LogP contribution is 2.44. The first-order valence-electron chi connectivity index (χ1n) is 8.15. The highest BCUT2D eigenvalue weighted by atomic mass is 16.3. The predicted molar refractivity (Wildman–Crippen MR) is 86.5 cm³/mol. The van der Waals surface area contributed by atoms with Crippen molar-refractivity contribution in [3.05, 3.63) is 60.1 Å². The Morgan fingerprint density at radius 3 is 2.52 bits per heavy atom. The molecule has 0 spiro atoms. The van der Waals surface area contributed by atoms with Crippen LogP contribution in [-0.4, -0.2) is 12.6 Å². The minimum atomic E-state index is 0.272. The molecular weight excluding hydrogens is 258 g/mol. The minimum absolute atomic E-state index is 0.272. The van der Waals surface area contributed by atoms with E-state index >= 15 is 0 Å². The first-order valence-corrected chi connectivity index (χ1v) is 8.15. The number of benzene rings is 1. The van der Waals surface area contributed by atoms with E-state index in [0.717, 1.165) is 13.0 Å². The number of nitrogens with one attached hydrogen (secondary N) is 1. The van der Waals surface area contributed by atoms with Gasteiger partial charge in [0.15, 0.2) is 0 Å². The van der Waals surface area contributed by atoms with Gasteiger partial charge in [-0.15, -0.1) is 0 Å². The Morgan fingerprint density at radius 1 is 1.14 bits per heavy atom. The third-order valence-corrected chi connectivity index (χ3v) is 4.98. The monoisotopic (exact) mass is 283 g/mol. The van der Waals surface area contributed by atoms with Gasteiger partial charge in [-0.05, 0) is 43.0 Å². The molecule has 2 heteroatoms. The van der Waals surface area contributed by atoms with Crippen molar-refractivity contribution in [3.63, 3.8) is 0 Å². The van der Waals surface area contributed by atoms with Crippen LogP contribution < -0.4 is 5.32 Å². The van der Waals surface area contributed by atoms with Gasteiger partial charge in [-0.25, -0.2) is 0 Å². The van der Waals surface area contributed by atoms with Gasteiger partial charge in [-0.1, -0.05) is 50.1 Å². The Hall–Kier alpha value is -1.54. The van der Waals surface area contributed by atoms with Crippen molar-refractivity contribution in [2.24, 2.45) is 0 Å². The summed E-state index contributed by atoms with van der Waals surface area (Å²) < 4.78 is 5.27. The van der Waals surface area contributed by atoms with Crippen molar-refractivity contribution >= 4 is 0 Å². The van der Waals surface area contributed by atoms with E-state index in [1.54, 1.807) is 6.26 Å². The number of likely N-dealkylation sites (N-methyl/N-ethyl adjacent to an activating group) is 1. The summed E-state index contributed by atoms with van der Waals surface area (Å²) in [4.78, 5) is 0. The third-order valence-electron chi connectivity index (χ3n) is 4.98. The van der Waals surface area contributed by atoms with Gasteiger partial charge in [0.25, 0.3) is 0 Å². The standard InChI is InChI=1S/C19H25NO/c1-2-20-18(14-16-10-13-21-15-16)19(11-6-7-12-19)17-8-4-3-5-9-17/h3-5,8-10,13,15,18,20H,2,6-7,11-12,14H2,1H3. The molecule has 1 heterocycles. The molecule has 112 valence electrons. The van der Waals surface area contributed by atoms with E-state index in [0.29, 0.717) is 6.04 Å². The van der Waals surface area contributed by atoms with Gasteiger partial charge in [0.1, 0.15) is 0 Å². The van der Waals surface area contributed by atoms with Crippen LogP contribution in [0.25, 0.3) is 0 Å². The zero-order chi connectivity index (χ0) is 14.5. The van der Waals surface area contributed by atoms with E-state index in [4.69, 9.17) is 4.42 Å². The van der Waals surface area contributed by atoms with Crippen molar-refractivity contribution in [3.8, 4) is 0 Å². The second kappa shape index (κ2) is 6.48. The van der Waals surface area contributed by atoms with Crippen LogP contribution in [0.2, 0.25) is 0 Å². The maximum Gasteiger partial charge on any atom is 0.0935 e. The Morgan fingerprint density at radius 2 is 1.90 bits per heavy atom. The molecular formula is C19H25NO. The molecule has 21 heavy (non-hydrogen) atoms. The summed E-state index contributed by atoms with van der Waals surface area (Å²) in [5.74, 6) is 0. The molecule has 2 nitrogen and oxygen atoms in total. The highest BCUT2D eigenvalue weighted by Gasteiger charge is 2.42. The Balaban J connectivity index is 1.93. The quantitative estimate of drug-likeness (QED) is 0.854. The largest absolute Gasteiger partial charge is 0.472 e. The van der Waals surface area contributed by atoms with Crippen molar-refractivity contribution in [2.75, 3.05) is 6.54 Å². The maximum absolute atomic E-state index is 5.27. The Labute approximate surface area is 127 Å². The molecule has 0 aliphatic heterocycles. The van der Waals surface area contributed by atoms with E-state index in [2.05, 4.69) is 48.6 Å². The van der Waals surface area contributed by atoms with Crippen molar-refractivity contribution in [1.29, 1.82) is 0 Å². The molecule has 2 aromatic rings. The Bertz CT molecular complexity index is 526. The number of hydrogen-bond acceptors (Lipinski definition) is 2. The summed E-state index contributed by atoms with van der Waals surface area (Å²) >= 11 is 0. The van der Waals surface area contributed by atoms with Gasteiger partial charge in [0.2, 0.25) is 0 Å². The summed E-state index contributed by atoms with van der Waals surface area (Å²) in [5, 5.41) is 3.76. The topological polar surface area (TPSA) is 25.2 Å². The lowest BCUT2D eigenvalue weighted by molar-refractivity contribution is 0.296. The van der Waals surface area contributed by atoms with Crippen LogP contribution in [0.5, 0.6) is 0 Å². The molecule has 0 saturated heterocycles. The van der Waals surface area contributed by atoms with Crippen LogP contribution >= 0.6 is 0 Å². The fraction of sp³-hybridized carbons (Fsp3) is 0.474. The first-order chi connectivity index (χ1) is 10.3. The molecule has 1 fully saturated rings. The van der Waals surface area contributed by atoms with Gasteiger partial charge >= 0.3 is 0 Å². The molecule has 1 aliphatic rings. The summed E-state index contributed by atoms with van der Waals surface area (Å²) in [5.41, 5.74) is 3.06. The fourth-order valence-corrected chi connectivity index (χ4v) is 3.97. The predicted octanol–water partition coefficient (Wildman–Crippen LogP) is 4.31. The van der Waals surface area contributed by atoms with Crippen LogP contribution in [-0.2, 0) is 11.8 Å². The zero-order valence-electron chi connectivity index (χ0n) is 12.8. The Kier molecular flexibility index (Phi) is 4.45. The number of rotatable bonds is 6. The van der Waals surface area contributed by atoms with Gasteiger partial charge in [0.05, 0.1) is 12.5 Å². The highest BCUT2D eigenvalue weighted by molar-refractivity contribution is 5.30. The third kappa shape index (κ3) is 2.91. The lowest BCUT2D eigenvalue weighted by atomic mass is 9.71. The van der Waals surface area contributed by atoms with Crippen LogP contribution in [0, 0.1) is 0 Å². The van der Waals surface area contributed by atoms with Crippen LogP contribution in [0.15, 0.2) is 53.3 Å². The molecule has 1 aromatic heterocycles. The van der Waals surface area contributed by atoms with E-state index < -0.39 is 0 Å². The van der Waals surface area contributed by atoms with Crippen molar-refractivity contribution in [2.45, 2.75) is 50.5 Å². The molecule has 1 unspecified atom stereocenters. The smallest absolute Gasteiger partial charge is 0.0935 e. The second-order valence-electron chi connectivity index (χ2n) is 6.18. The van der Waals surface area contributed by atoms with Gasteiger partial charge in [0, 0.05) is 11.5 Å². The molecule has 0 amide bonds. The molecule has 1 aromatic carbocycles. The zero-order valence-corrected chi connectivity index (χ0v) is 12.8. The SMILES string of the molecule is CCNC(Cc1ccoc1)C1(c2ccccc2)CCCC1. The molecule has 1 aliphatic carbocycles. The van der Waals surface area contributed by atoms with Crippen LogP contribution in [0.4, 0.5) is 0 Å². The maximum atomic E-state index is 5.27. The van der Waals surface area contributed by atoms with E-state index in [9.17, 15) is 0 Å². The lowest BCUT2D eigenvalue weighted by Gasteiger charge is -2.39. The van der Waals surface area contributed by atoms with Crippen LogP contribution in [0.1, 0.15) is 43.7 Å². The average Bonchev–Trinajstić information content (AvgIpc) is 3.20. The summed E-state index contributed by atoms with van der Waals surface area (Å²) in [6, 6.07) is 13.7. The lowest BCUT2D eigenvalue weighted by Crippen LogP contribution is -2.48. The van der Waals surface area contributed by atoms with Gasteiger partial charge < -0.3 is 9.73 Å². The summed E-state index contributed by atoms with van der Waals surface area (Å²) in [6.07, 6.45) is 9.95.